The number of ether oxygens (including phenoxy) is 4. The fourth-order valence-electron chi connectivity index (χ4n) is 2.07. The molecule has 5 nitrogen and oxygen atoms in total. The van der Waals surface area contributed by atoms with Gasteiger partial charge in [-0.05, 0) is 29.8 Å². The smallest absolute Gasteiger partial charge is 0.338 e. The van der Waals surface area contributed by atoms with E-state index in [-0.39, 0.29) is 22.9 Å². The number of benzene rings is 2. The van der Waals surface area contributed by atoms with Crippen molar-refractivity contribution in [2.45, 2.75) is 6.61 Å². The summed E-state index contributed by atoms with van der Waals surface area (Å²) in [7, 11) is 4.25. The molecule has 0 aromatic heterocycles. The van der Waals surface area contributed by atoms with E-state index in [1.165, 1.54) is 45.6 Å². The summed E-state index contributed by atoms with van der Waals surface area (Å²) in [4.78, 5) is 12.2. The molecule has 7 heteroatoms. The fourth-order valence-corrected chi connectivity index (χ4v) is 2.36. The Labute approximate surface area is 143 Å². The van der Waals surface area contributed by atoms with Gasteiger partial charge in [-0.25, -0.2) is 9.18 Å². The van der Waals surface area contributed by atoms with Crippen molar-refractivity contribution in [2.24, 2.45) is 0 Å². The third kappa shape index (κ3) is 3.89. The van der Waals surface area contributed by atoms with Crippen LogP contribution >= 0.6 is 11.6 Å². The van der Waals surface area contributed by atoms with E-state index in [1.807, 2.05) is 0 Å². The minimum absolute atomic E-state index is 0.0916. The molecule has 0 aliphatic carbocycles. The summed E-state index contributed by atoms with van der Waals surface area (Å²) in [6.45, 7) is -0.0916. The summed E-state index contributed by atoms with van der Waals surface area (Å²) in [5.74, 6) is -0.383. The predicted molar refractivity (Wildman–Crippen MR) is 86.6 cm³/mol. The lowest BCUT2D eigenvalue weighted by Gasteiger charge is -2.12. The second-order valence-corrected chi connectivity index (χ2v) is 5.15. The molecule has 2 rings (SSSR count). The van der Waals surface area contributed by atoms with Crippen molar-refractivity contribution in [2.75, 3.05) is 21.3 Å². The van der Waals surface area contributed by atoms with Crippen LogP contribution in [-0.4, -0.2) is 27.3 Å². The lowest BCUT2D eigenvalue weighted by Crippen LogP contribution is -2.06. The van der Waals surface area contributed by atoms with Gasteiger partial charge in [-0.2, -0.15) is 0 Å². The first kappa shape index (κ1) is 17.9. The summed E-state index contributed by atoms with van der Waals surface area (Å²) >= 11 is 6.05. The maximum absolute atomic E-state index is 13.6. The SMILES string of the molecule is COc1ccc(COC(=O)c2cc(Cl)c(OC)c(OC)c2)cc1F. The van der Waals surface area contributed by atoms with Crippen molar-refractivity contribution in [1.29, 1.82) is 0 Å². The van der Waals surface area contributed by atoms with Crippen LogP contribution in [-0.2, 0) is 11.3 Å². The Morgan fingerprint density at radius 3 is 2.33 bits per heavy atom. The van der Waals surface area contributed by atoms with Gasteiger partial charge in [0.05, 0.1) is 31.9 Å². The summed E-state index contributed by atoms with van der Waals surface area (Å²) in [6, 6.07) is 7.19. The Kier molecular flexibility index (Phi) is 5.87. The lowest BCUT2D eigenvalue weighted by molar-refractivity contribution is 0.0472. The number of rotatable bonds is 6. The Morgan fingerprint density at radius 1 is 1.04 bits per heavy atom. The van der Waals surface area contributed by atoms with Crippen LogP contribution < -0.4 is 14.2 Å². The number of hydrogen-bond donors (Lipinski definition) is 0. The number of carbonyl (C=O) groups excluding carboxylic acids is 1. The van der Waals surface area contributed by atoms with E-state index in [4.69, 9.17) is 30.5 Å². The van der Waals surface area contributed by atoms with Gasteiger partial charge < -0.3 is 18.9 Å². The standard InChI is InChI=1S/C17H16ClFO5/c1-21-14-5-4-10(6-13(14)19)9-24-17(20)11-7-12(18)16(23-3)15(8-11)22-2/h4-8H,9H2,1-3H3. The number of esters is 1. The van der Waals surface area contributed by atoms with Gasteiger partial charge in [0.25, 0.3) is 0 Å². The number of methoxy groups -OCH3 is 3. The Balaban J connectivity index is 2.13. The van der Waals surface area contributed by atoms with Crippen LogP contribution in [0.5, 0.6) is 17.2 Å². The monoisotopic (exact) mass is 354 g/mol. The predicted octanol–water partition coefficient (Wildman–Crippen LogP) is 3.86. The zero-order valence-electron chi connectivity index (χ0n) is 13.4. The van der Waals surface area contributed by atoms with Gasteiger partial charge in [-0.1, -0.05) is 17.7 Å². The van der Waals surface area contributed by atoms with Crippen LogP contribution in [0.3, 0.4) is 0 Å². The van der Waals surface area contributed by atoms with Gasteiger partial charge in [-0.3, -0.25) is 0 Å². The summed E-state index contributed by atoms with van der Waals surface area (Å²) in [5, 5.41) is 0.222. The van der Waals surface area contributed by atoms with Crippen molar-refractivity contribution in [3.8, 4) is 17.2 Å². The van der Waals surface area contributed by atoms with Gasteiger partial charge in [0, 0.05) is 0 Å². The van der Waals surface area contributed by atoms with E-state index in [0.29, 0.717) is 17.1 Å². The van der Waals surface area contributed by atoms with Gasteiger partial charge in [0.1, 0.15) is 6.61 Å². The minimum Gasteiger partial charge on any atom is -0.494 e. The molecule has 0 bridgehead atoms. The molecule has 0 saturated heterocycles. The third-order valence-corrected chi connectivity index (χ3v) is 3.54. The average molecular weight is 355 g/mol. The van der Waals surface area contributed by atoms with E-state index >= 15 is 0 Å². The normalized spacial score (nSPS) is 10.2. The first-order valence-corrected chi connectivity index (χ1v) is 7.29. The van der Waals surface area contributed by atoms with Crippen LogP contribution in [0.1, 0.15) is 15.9 Å². The lowest BCUT2D eigenvalue weighted by atomic mass is 10.2. The van der Waals surface area contributed by atoms with Crippen LogP contribution in [0.15, 0.2) is 30.3 Å². The van der Waals surface area contributed by atoms with E-state index in [1.54, 1.807) is 6.07 Å². The molecule has 0 radical (unpaired) electrons. The molecule has 2 aromatic rings. The molecular formula is C17H16ClFO5. The van der Waals surface area contributed by atoms with Crippen molar-refractivity contribution in [3.63, 3.8) is 0 Å². The molecule has 0 N–H and O–H groups in total. The molecule has 0 aliphatic heterocycles. The van der Waals surface area contributed by atoms with E-state index in [9.17, 15) is 9.18 Å². The molecule has 2 aromatic carbocycles. The molecule has 0 heterocycles. The molecule has 0 saturated carbocycles. The van der Waals surface area contributed by atoms with E-state index < -0.39 is 11.8 Å². The highest BCUT2D eigenvalue weighted by Crippen LogP contribution is 2.36. The molecule has 0 atom stereocenters. The zero-order valence-corrected chi connectivity index (χ0v) is 14.1. The largest absolute Gasteiger partial charge is 0.494 e. The van der Waals surface area contributed by atoms with Gasteiger partial charge in [-0.15, -0.1) is 0 Å². The highest BCUT2D eigenvalue weighted by Gasteiger charge is 2.16. The van der Waals surface area contributed by atoms with E-state index in [0.717, 1.165) is 0 Å². The second kappa shape index (κ2) is 7.88. The Morgan fingerprint density at radius 2 is 1.75 bits per heavy atom. The molecule has 24 heavy (non-hydrogen) atoms. The summed E-state index contributed by atoms with van der Waals surface area (Å²) in [6.07, 6.45) is 0. The number of hydrogen-bond acceptors (Lipinski definition) is 5. The van der Waals surface area contributed by atoms with Crippen LogP contribution in [0, 0.1) is 5.82 Å². The topological polar surface area (TPSA) is 54.0 Å². The maximum Gasteiger partial charge on any atom is 0.338 e. The van der Waals surface area contributed by atoms with Crippen LogP contribution in [0.2, 0.25) is 5.02 Å². The molecular weight excluding hydrogens is 339 g/mol. The van der Waals surface area contributed by atoms with Crippen molar-refractivity contribution >= 4 is 17.6 Å². The number of carbonyl (C=O) groups is 1. The van der Waals surface area contributed by atoms with E-state index in [2.05, 4.69) is 0 Å². The van der Waals surface area contributed by atoms with Crippen LogP contribution in [0.25, 0.3) is 0 Å². The zero-order chi connectivity index (χ0) is 17.7. The molecule has 128 valence electrons. The molecule has 0 unspecified atom stereocenters. The molecule has 0 amide bonds. The van der Waals surface area contributed by atoms with Crippen molar-refractivity contribution in [3.05, 3.63) is 52.3 Å². The van der Waals surface area contributed by atoms with Gasteiger partial charge in [0.15, 0.2) is 23.1 Å². The Bertz CT molecular complexity index is 748. The molecule has 0 spiro atoms. The molecule has 0 aliphatic rings. The fraction of sp³-hybridized carbons (Fsp3) is 0.235. The number of halogens is 2. The quantitative estimate of drug-likeness (QED) is 0.737. The Hall–Kier alpha value is -2.47. The van der Waals surface area contributed by atoms with Gasteiger partial charge >= 0.3 is 5.97 Å². The first-order valence-electron chi connectivity index (χ1n) is 6.91. The van der Waals surface area contributed by atoms with Crippen molar-refractivity contribution in [1.82, 2.24) is 0 Å². The first-order chi connectivity index (χ1) is 11.5. The average Bonchev–Trinajstić information content (AvgIpc) is 2.58. The minimum atomic E-state index is -0.617. The maximum atomic E-state index is 13.6. The summed E-state index contributed by atoms with van der Waals surface area (Å²) in [5.41, 5.74) is 0.694. The molecule has 0 fully saturated rings. The highest BCUT2D eigenvalue weighted by atomic mass is 35.5. The van der Waals surface area contributed by atoms with Gasteiger partial charge in [0.2, 0.25) is 0 Å². The second-order valence-electron chi connectivity index (χ2n) is 4.74. The summed E-state index contributed by atoms with van der Waals surface area (Å²) < 4.78 is 33.9. The van der Waals surface area contributed by atoms with Crippen molar-refractivity contribution < 1.29 is 28.1 Å². The third-order valence-electron chi connectivity index (χ3n) is 3.26. The highest BCUT2D eigenvalue weighted by molar-refractivity contribution is 6.32. The van der Waals surface area contributed by atoms with Crippen LogP contribution in [0.4, 0.5) is 4.39 Å².